The Kier molecular flexibility index (Phi) is 2.45. The largest absolute Gasteiger partial charge is 0.326 e. The van der Waals surface area contributed by atoms with Crippen molar-refractivity contribution in [2.45, 2.75) is 13.0 Å². The molecule has 1 atom stereocenters. The highest BCUT2D eigenvalue weighted by atomic mass is 16.1. The molecule has 0 spiro atoms. The van der Waals surface area contributed by atoms with E-state index in [-0.39, 0.29) is 11.6 Å². The van der Waals surface area contributed by atoms with Crippen molar-refractivity contribution in [3.8, 4) is 0 Å². The van der Waals surface area contributed by atoms with E-state index >= 15 is 0 Å². The van der Waals surface area contributed by atoms with E-state index in [9.17, 15) is 4.79 Å². The zero-order chi connectivity index (χ0) is 9.14. The van der Waals surface area contributed by atoms with Gasteiger partial charge < -0.3 is 10.7 Å². The van der Waals surface area contributed by atoms with Crippen molar-refractivity contribution in [2.75, 3.05) is 0 Å². The monoisotopic (exact) mass is 164 g/mol. The summed E-state index contributed by atoms with van der Waals surface area (Å²) in [5, 5.41) is 0. The molecule has 0 aliphatic carbocycles. The molecule has 0 saturated carbocycles. The lowest BCUT2D eigenvalue weighted by atomic mass is 10.1. The second-order valence-electron chi connectivity index (χ2n) is 2.66. The normalized spacial score (nSPS) is 12.5. The van der Waals surface area contributed by atoms with Crippen LogP contribution in [0.5, 0.6) is 0 Å². The summed E-state index contributed by atoms with van der Waals surface area (Å²) < 4.78 is 0. The van der Waals surface area contributed by atoms with Crippen LogP contribution in [0.1, 0.15) is 17.3 Å². The van der Waals surface area contributed by atoms with Crippen LogP contribution in [0.15, 0.2) is 29.6 Å². The maximum absolute atomic E-state index is 10.8. The Morgan fingerprint density at radius 3 is 2.83 bits per heavy atom. The number of aromatic nitrogens is 1. The predicted octanol–water partition coefficient (Wildman–Crippen LogP) is 0.869. The Morgan fingerprint density at radius 1 is 1.67 bits per heavy atom. The van der Waals surface area contributed by atoms with Crippen molar-refractivity contribution in [3.05, 3.63) is 46.4 Å². The van der Waals surface area contributed by atoms with Gasteiger partial charge in [0.25, 0.3) is 0 Å². The Balaban J connectivity index is 3.17. The van der Waals surface area contributed by atoms with Crippen LogP contribution in [0, 0.1) is 6.92 Å². The maximum Gasteiger partial charge on any atom is 0.248 e. The van der Waals surface area contributed by atoms with Crippen LogP contribution in [0.3, 0.4) is 0 Å². The van der Waals surface area contributed by atoms with Crippen molar-refractivity contribution >= 4 is 0 Å². The van der Waals surface area contributed by atoms with Gasteiger partial charge in [0, 0.05) is 17.8 Å². The van der Waals surface area contributed by atoms with Crippen LogP contribution >= 0.6 is 0 Å². The Hall–Kier alpha value is -1.35. The van der Waals surface area contributed by atoms with Crippen molar-refractivity contribution in [3.63, 3.8) is 0 Å². The molecule has 3 N–H and O–H groups in total. The van der Waals surface area contributed by atoms with Crippen molar-refractivity contribution in [2.24, 2.45) is 5.73 Å². The highest BCUT2D eigenvalue weighted by Gasteiger charge is 2.04. The van der Waals surface area contributed by atoms with Crippen LogP contribution in [0.2, 0.25) is 0 Å². The number of pyridine rings is 1. The number of aryl methyl sites for hydroxylation is 1. The second kappa shape index (κ2) is 3.36. The number of rotatable bonds is 2. The molecule has 1 heterocycles. The Bertz CT molecular complexity index is 341. The molecule has 0 amide bonds. The number of H-pyrrole nitrogens is 1. The van der Waals surface area contributed by atoms with Gasteiger partial charge in [0.2, 0.25) is 5.56 Å². The summed E-state index contributed by atoms with van der Waals surface area (Å²) in [7, 11) is 0. The van der Waals surface area contributed by atoms with E-state index in [0.29, 0.717) is 0 Å². The van der Waals surface area contributed by atoms with Gasteiger partial charge in [-0.05, 0) is 18.6 Å². The summed E-state index contributed by atoms with van der Waals surface area (Å²) in [6.45, 7) is 5.40. The average molecular weight is 164 g/mol. The summed E-state index contributed by atoms with van der Waals surface area (Å²) >= 11 is 0. The molecule has 1 aromatic rings. The van der Waals surface area contributed by atoms with Gasteiger partial charge in [-0.15, -0.1) is 6.58 Å². The van der Waals surface area contributed by atoms with Crippen LogP contribution in [-0.2, 0) is 0 Å². The average Bonchev–Trinajstić information content (AvgIpc) is 2.03. The lowest BCUT2D eigenvalue weighted by Crippen LogP contribution is -2.14. The summed E-state index contributed by atoms with van der Waals surface area (Å²) in [6, 6.07) is 2.98. The molecule has 0 aromatic carbocycles. The first-order chi connectivity index (χ1) is 5.65. The molecule has 1 aromatic heterocycles. The zero-order valence-electron chi connectivity index (χ0n) is 7.00. The smallest absolute Gasteiger partial charge is 0.248 e. The fraction of sp³-hybridized carbons (Fsp3) is 0.222. The molecule has 0 fully saturated rings. The van der Waals surface area contributed by atoms with Gasteiger partial charge in [-0.25, -0.2) is 0 Å². The molecule has 0 radical (unpaired) electrons. The first-order valence-electron chi connectivity index (χ1n) is 3.73. The van der Waals surface area contributed by atoms with Gasteiger partial charge in [-0.1, -0.05) is 6.08 Å². The number of aromatic amines is 1. The topological polar surface area (TPSA) is 58.9 Å². The summed E-state index contributed by atoms with van der Waals surface area (Å²) in [6.07, 6.45) is 1.64. The summed E-state index contributed by atoms with van der Waals surface area (Å²) in [5.74, 6) is 0. The minimum Gasteiger partial charge on any atom is -0.326 e. The number of nitrogens with two attached hydrogens (primary N) is 1. The lowest BCUT2D eigenvalue weighted by molar-refractivity contribution is 0.880. The molecule has 1 rings (SSSR count). The minimum absolute atomic E-state index is 0.104. The molecular weight excluding hydrogens is 152 g/mol. The predicted molar refractivity (Wildman–Crippen MR) is 48.9 cm³/mol. The van der Waals surface area contributed by atoms with E-state index < -0.39 is 0 Å². The van der Waals surface area contributed by atoms with Crippen LogP contribution in [0.4, 0.5) is 0 Å². The van der Waals surface area contributed by atoms with Gasteiger partial charge in [-0.2, -0.15) is 0 Å². The van der Waals surface area contributed by atoms with Crippen molar-refractivity contribution < 1.29 is 0 Å². The molecule has 0 bridgehead atoms. The van der Waals surface area contributed by atoms with E-state index in [1.54, 1.807) is 12.1 Å². The SMILES string of the molecule is C=CC(N)c1ccc(=O)[nH]c1C. The first-order valence-corrected chi connectivity index (χ1v) is 3.73. The van der Waals surface area contributed by atoms with E-state index in [1.807, 2.05) is 6.92 Å². The standard InChI is InChI=1S/C9H12N2O/c1-3-8(10)7-4-5-9(12)11-6(7)2/h3-5,8H,1,10H2,2H3,(H,11,12). The molecule has 1 unspecified atom stereocenters. The Labute approximate surface area is 70.9 Å². The highest BCUT2D eigenvalue weighted by molar-refractivity contribution is 5.24. The minimum atomic E-state index is -0.207. The third-order valence-corrected chi connectivity index (χ3v) is 1.77. The third-order valence-electron chi connectivity index (χ3n) is 1.77. The van der Waals surface area contributed by atoms with Gasteiger partial charge in [0.1, 0.15) is 0 Å². The molecule has 0 aliphatic heterocycles. The van der Waals surface area contributed by atoms with Crippen molar-refractivity contribution in [1.29, 1.82) is 0 Å². The molecule has 0 aliphatic rings. The molecular formula is C9H12N2O. The lowest BCUT2D eigenvalue weighted by Gasteiger charge is -2.08. The molecule has 3 nitrogen and oxygen atoms in total. The number of hydrogen-bond donors (Lipinski definition) is 2. The fourth-order valence-corrected chi connectivity index (χ4v) is 1.08. The van der Waals surface area contributed by atoms with Gasteiger partial charge in [-0.3, -0.25) is 4.79 Å². The van der Waals surface area contributed by atoms with Crippen LogP contribution in [0.25, 0.3) is 0 Å². The van der Waals surface area contributed by atoms with Gasteiger partial charge >= 0.3 is 0 Å². The summed E-state index contributed by atoms with van der Waals surface area (Å²) in [5.41, 5.74) is 7.31. The number of nitrogens with one attached hydrogen (secondary N) is 1. The van der Waals surface area contributed by atoms with E-state index in [2.05, 4.69) is 11.6 Å². The second-order valence-corrected chi connectivity index (χ2v) is 2.66. The fourth-order valence-electron chi connectivity index (χ4n) is 1.08. The quantitative estimate of drug-likeness (QED) is 0.637. The highest BCUT2D eigenvalue weighted by Crippen LogP contribution is 2.11. The number of hydrogen-bond acceptors (Lipinski definition) is 2. The maximum atomic E-state index is 10.8. The van der Waals surface area contributed by atoms with Crippen molar-refractivity contribution in [1.82, 2.24) is 4.98 Å². The Morgan fingerprint density at radius 2 is 2.33 bits per heavy atom. The van der Waals surface area contributed by atoms with E-state index in [4.69, 9.17) is 5.73 Å². The van der Waals surface area contributed by atoms with E-state index in [0.717, 1.165) is 11.3 Å². The zero-order valence-corrected chi connectivity index (χ0v) is 7.00. The van der Waals surface area contributed by atoms with Gasteiger partial charge in [0.15, 0.2) is 0 Å². The molecule has 12 heavy (non-hydrogen) atoms. The first kappa shape index (κ1) is 8.74. The summed E-state index contributed by atoms with van der Waals surface area (Å²) in [4.78, 5) is 13.5. The molecule has 64 valence electrons. The van der Waals surface area contributed by atoms with Gasteiger partial charge in [0.05, 0.1) is 0 Å². The third kappa shape index (κ3) is 1.62. The van der Waals surface area contributed by atoms with Crippen LogP contribution < -0.4 is 11.3 Å². The molecule has 3 heteroatoms. The molecule has 0 saturated heterocycles. The van der Waals surface area contributed by atoms with Crippen LogP contribution in [-0.4, -0.2) is 4.98 Å². The van der Waals surface area contributed by atoms with E-state index in [1.165, 1.54) is 6.07 Å².